The molecule has 126 valence electrons. The Morgan fingerprint density at radius 2 is 1.92 bits per heavy atom. The first-order chi connectivity index (χ1) is 12.4. The highest BCUT2D eigenvalue weighted by molar-refractivity contribution is 5.99. The Morgan fingerprint density at radius 1 is 1.04 bits per heavy atom. The Labute approximate surface area is 146 Å². The molecule has 5 rings (SSSR count). The van der Waals surface area contributed by atoms with Crippen molar-refractivity contribution in [1.29, 1.82) is 0 Å². The first-order valence-corrected chi connectivity index (χ1v) is 9.19. The molecule has 1 saturated carbocycles. The number of rotatable bonds is 3. The van der Waals surface area contributed by atoms with Crippen molar-refractivity contribution in [3.8, 4) is 11.3 Å². The third kappa shape index (κ3) is 2.58. The van der Waals surface area contributed by atoms with Crippen LogP contribution in [0.4, 0.5) is 5.69 Å². The zero-order chi connectivity index (χ0) is 16.6. The molecule has 4 nitrogen and oxygen atoms in total. The Morgan fingerprint density at radius 3 is 2.80 bits per heavy atom. The monoisotopic (exact) mass is 330 g/mol. The molecular weight excluding hydrogens is 308 g/mol. The maximum absolute atomic E-state index is 4.63. The summed E-state index contributed by atoms with van der Waals surface area (Å²) in [7, 11) is 0. The van der Waals surface area contributed by atoms with Gasteiger partial charge in [-0.05, 0) is 31.0 Å². The largest absolute Gasteiger partial charge is 0.381 e. The highest BCUT2D eigenvalue weighted by Gasteiger charge is 2.18. The molecule has 1 aliphatic carbocycles. The van der Waals surface area contributed by atoms with E-state index >= 15 is 0 Å². The number of anilines is 1. The SMILES string of the molecule is c1ccc2[nH]c(-c3cnc4[nH]ccc4c3NC3CCCCC3)cc2c1. The number of nitrogens with zero attached hydrogens (tertiary/aromatic N) is 1. The van der Waals surface area contributed by atoms with Gasteiger partial charge in [-0.2, -0.15) is 0 Å². The molecule has 1 aromatic carbocycles. The standard InChI is InChI=1S/C21H22N4/c1-2-7-15(8-3-1)24-20-16-10-11-22-21(16)23-13-17(20)19-12-14-6-4-5-9-18(14)25-19/h4-6,9-13,15,25H,1-3,7-8H2,(H2,22,23,24). The normalized spacial score (nSPS) is 15.8. The van der Waals surface area contributed by atoms with Crippen LogP contribution in [0.25, 0.3) is 33.2 Å². The molecule has 3 N–H and O–H groups in total. The van der Waals surface area contributed by atoms with Crippen molar-refractivity contribution >= 4 is 27.6 Å². The van der Waals surface area contributed by atoms with Crippen LogP contribution in [-0.4, -0.2) is 21.0 Å². The fourth-order valence-electron chi connectivity index (χ4n) is 4.04. The maximum Gasteiger partial charge on any atom is 0.139 e. The Kier molecular flexibility index (Phi) is 3.47. The van der Waals surface area contributed by atoms with Crippen LogP contribution in [0.5, 0.6) is 0 Å². The summed E-state index contributed by atoms with van der Waals surface area (Å²) in [5, 5.41) is 6.24. The number of fused-ring (bicyclic) bond motifs is 2. The quantitative estimate of drug-likeness (QED) is 0.467. The summed E-state index contributed by atoms with van der Waals surface area (Å²) < 4.78 is 0. The number of benzene rings is 1. The van der Waals surface area contributed by atoms with Crippen LogP contribution in [0.2, 0.25) is 0 Å². The third-order valence-corrected chi connectivity index (χ3v) is 5.36. The van der Waals surface area contributed by atoms with Crippen LogP contribution in [0.1, 0.15) is 32.1 Å². The van der Waals surface area contributed by atoms with E-state index in [9.17, 15) is 0 Å². The van der Waals surface area contributed by atoms with E-state index in [0.29, 0.717) is 6.04 Å². The number of aromatic amines is 2. The molecule has 0 radical (unpaired) electrons. The summed E-state index contributed by atoms with van der Waals surface area (Å²) in [4.78, 5) is 11.4. The molecule has 0 aliphatic heterocycles. The van der Waals surface area contributed by atoms with Crippen molar-refractivity contribution in [2.24, 2.45) is 0 Å². The first-order valence-electron chi connectivity index (χ1n) is 9.19. The lowest BCUT2D eigenvalue weighted by atomic mass is 9.95. The number of hydrogen-bond donors (Lipinski definition) is 3. The smallest absolute Gasteiger partial charge is 0.139 e. The second kappa shape index (κ2) is 5.96. The average Bonchev–Trinajstić information content (AvgIpc) is 3.29. The summed E-state index contributed by atoms with van der Waals surface area (Å²) in [6.07, 6.45) is 10.5. The van der Waals surface area contributed by atoms with Gasteiger partial charge < -0.3 is 15.3 Å². The van der Waals surface area contributed by atoms with Gasteiger partial charge in [-0.25, -0.2) is 4.98 Å². The number of para-hydroxylation sites is 1. The topological polar surface area (TPSA) is 56.5 Å². The lowest BCUT2D eigenvalue weighted by molar-refractivity contribution is 0.463. The van der Waals surface area contributed by atoms with Crippen molar-refractivity contribution in [3.63, 3.8) is 0 Å². The van der Waals surface area contributed by atoms with Crippen LogP contribution in [0.3, 0.4) is 0 Å². The van der Waals surface area contributed by atoms with Gasteiger partial charge in [0.05, 0.1) is 11.4 Å². The lowest BCUT2D eigenvalue weighted by Gasteiger charge is -2.25. The van der Waals surface area contributed by atoms with Gasteiger partial charge in [0.15, 0.2) is 0 Å². The highest BCUT2D eigenvalue weighted by atomic mass is 15.0. The molecule has 0 atom stereocenters. The Balaban J connectivity index is 1.64. The molecule has 3 aromatic heterocycles. The summed E-state index contributed by atoms with van der Waals surface area (Å²) >= 11 is 0. The molecule has 0 bridgehead atoms. The Hall–Kier alpha value is -2.75. The second-order valence-electron chi connectivity index (χ2n) is 7.04. The van der Waals surface area contributed by atoms with E-state index in [1.54, 1.807) is 0 Å². The van der Waals surface area contributed by atoms with E-state index in [1.807, 2.05) is 12.4 Å². The van der Waals surface area contributed by atoms with Gasteiger partial charge in [-0.1, -0.05) is 37.5 Å². The zero-order valence-corrected chi connectivity index (χ0v) is 14.2. The molecule has 1 aliphatic rings. The van der Waals surface area contributed by atoms with Crippen LogP contribution in [0.15, 0.2) is 48.8 Å². The summed E-state index contributed by atoms with van der Waals surface area (Å²) in [6, 6.07) is 13.3. The van der Waals surface area contributed by atoms with Crippen molar-refractivity contribution in [3.05, 3.63) is 48.8 Å². The number of H-pyrrole nitrogens is 2. The van der Waals surface area contributed by atoms with Gasteiger partial charge in [-0.15, -0.1) is 0 Å². The lowest BCUT2D eigenvalue weighted by Crippen LogP contribution is -2.22. The molecule has 0 amide bonds. The van der Waals surface area contributed by atoms with Crippen molar-refractivity contribution < 1.29 is 0 Å². The van der Waals surface area contributed by atoms with Crippen LogP contribution < -0.4 is 5.32 Å². The predicted octanol–water partition coefficient (Wildman–Crippen LogP) is 5.46. The molecule has 4 heteroatoms. The predicted molar refractivity (Wildman–Crippen MR) is 104 cm³/mol. The van der Waals surface area contributed by atoms with Gasteiger partial charge in [0, 0.05) is 40.3 Å². The summed E-state index contributed by atoms with van der Waals surface area (Å²) in [6.45, 7) is 0. The maximum atomic E-state index is 4.63. The molecular formula is C21H22N4. The van der Waals surface area contributed by atoms with Crippen LogP contribution in [-0.2, 0) is 0 Å². The number of pyridine rings is 1. The fraction of sp³-hybridized carbons (Fsp3) is 0.286. The average molecular weight is 330 g/mol. The van der Waals surface area contributed by atoms with Gasteiger partial charge in [0.1, 0.15) is 5.65 Å². The van der Waals surface area contributed by atoms with Gasteiger partial charge in [0.2, 0.25) is 0 Å². The third-order valence-electron chi connectivity index (χ3n) is 5.36. The number of nitrogens with one attached hydrogen (secondary N) is 3. The van der Waals surface area contributed by atoms with Crippen LogP contribution in [0, 0.1) is 0 Å². The first kappa shape index (κ1) is 14.6. The van der Waals surface area contributed by atoms with Gasteiger partial charge >= 0.3 is 0 Å². The van der Waals surface area contributed by atoms with Crippen LogP contribution >= 0.6 is 0 Å². The molecule has 25 heavy (non-hydrogen) atoms. The van der Waals surface area contributed by atoms with E-state index in [4.69, 9.17) is 0 Å². The van der Waals surface area contributed by atoms with E-state index in [-0.39, 0.29) is 0 Å². The molecule has 3 heterocycles. The molecule has 0 spiro atoms. The van der Waals surface area contributed by atoms with Crippen molar-refractivity contribution in [2.75, 3.05) is 5.32 Å². The van der Waals surface area contributed by atoms with Crippen molar-refractivity contribution in [2.45, 2.75) is 38.1 Å². The fourth-order valence-corrected chi connectivity index (χ4v) is 4.04. The molecule has 4 aromatic rings. The van der Waals surface area contributed by atoms with E-state index < -0.39 is 0 Å². The second-order valence-corrected chi connectivity index (χ2v) is 7.04. The van der Waals surface area contributed by atoms with Crippen molar-refractivity contribution in [1.82, 2.24) is 15.0 Å². The summed E-state index contributed by atoms with van der Waals surface area (Å²) in [5.41, 5.74) is 5.57. The van der Waals surface area contributed by atoms with E-state index in [0.717, 1.165) is 22.4 Å². The van der Waals surface area contributed by atoms with E-state index in [1.165, 1.54) is 48.6 Å². The zero-order valence-electron chi connectivity index (χ0n) is 14.2. The summed E-state index contributed by atoms with van der Waals surface area (Å²) in [5.74, 6) is 0. The number of aromatic nitrogens is 3. The van der Waals surface area contributed by atoms with Gasteiger partial charge in [-0.3, -0.25) is 0 Å². The van der Waals surface area contributed by atoms with E-state index in [2.05, 4.69) is 56.7 Å². The molecule has 1 fully saturated rings. The minimum absolute atomic E-state index is 0.553. The molecule has 0 unspecified atom stereocenters. The highest BCUT2D eigenvalue weighted by Crippen LogP contribution is 2.36. The minimum Gasteiger partial charge on any atom is -0.381 e. The van der Waals surface area contributed by atoms with Gasteiger partial charge in [0.25, 0.3) is 0 Å². The Bertz CT molecular complexity index is 988. The molecule has 0 saturated heterocycles. The minimum atomic E-state index is 0.553. The number of hydrogen-bond acceptors (Lipinski definition) is 2.